The fourth-order valence-electron chi connectivity index (χ4n) is 2.10. The first-order valence-electron chi connectivity index (χ1n) is 6.18. The summed E-state index contributed by atoms with van der Waals surface area (Å²) in [5, 5.41) is 9.68. The van der Waals surface area contributed by atoms with Gasteiger partial charge in [-0.2, -0.15) is 0 Å². The molecule has 0 aromatic heterocycles. The van der Waals surface area contributed by atoms with Crippen LogP contribution in [-0.4, -0.2) is 18.2 Å². The predicted molar refractivity (Wildman–Crippen MR) is 69.8 cm³/mol. The molecular weight excluding hydrogens is 217 g/mol. The highest BCUT2D eigenvalue weighted by molar-refractivity contribution is 5.55. The van der Waals surface area contributed by atoms with Crippen molar-refractivity contribution in [1.82, 2.24) is 0 Å². The maximum atomic E-state index is 13.7. The fraction of sp³-hybridized carbons (Fsp3) is 0.571. The molecule has 1 aromatic rings. The minimum Gasteiger partial charge on any atom is -0.389 e. The Hall–Kier alpha value is -1.09. The minimum atomic E-state index is -0.789. The van der Waals surface area contributed by atoms with Gasteiger partial charge in [0.25, 0.3) is 0 Å². The normalized spacial score (nSPS) is 14.5. The van der Waals surface area contributed by atoms with Crippen LogP contribution in [0.2, 0.25) is 0 Å². The Balaban J connectivity index is 3.08. The van der Waals surface area contributed by atoms with Gasteiger partial charge in [0.1, 0.15) is 5.82 Å². The summed E-state index contributed by atoms with van der Waals surface area (Å²) in [6.45, 7) is 5.84. The molecule has 1 N–H and O–H groups in total. The number of benzene rings is 1. The van der Waals surface area contributed by atoms with Crippen LogP contribution in [0.5, 0.6) is 0 Å². The second-order valence-corrected chi connectivity index (χ2v) is 4.60. The number of aliphatic hydroxyl groups excluding tert-OH is 1. The molecule has 2 atom stereocenters. The molecule has 0 saturated heterocycles. The zero-order valence-electron chi connectivity index (χ0n) is 11.1. The van der Waals surface area contributed by atoms with Gasteiger partial charge in [-0.3, -0.25) is 0 Å². The zero-order chi connectivity index (χ0) is 13.0. The lowest BCUT2D eigenvalue weighted by Gasteiger charge is -2.29. The molecule has 0 bridgehead atoms. The van der Waals surface area contributed by atoms with Gasteiger partial charge in [0.05, 0.1) is 6.10 Å². The van der Waals surface area contributed by atoms with E-state index < -0.39 is 6.10 Å². The van der Waals surface area contributed by atoms with E-state index in [4.69, 9.17) is 0 Å². The van der Waals surface area contributed by atoms with Crippen LogP contribution in [0.4, 0.5) is 10.1 Å². The largest absolute Gasteiger partial charge is 0.389 e. The highest BCUT2D eigenvalue weighted by Crippen LogP contribution is 2.29. The first kappa shape index (κ1) is 14.0. The van der Waals surface area contributed by atoms with E-state index in [1.807, 2.05) is 18.0 Å². The third-order valence-electron chi connectivity index (χ3n) is 3.20. The summed E-state index contributed by atoms with van der Waals surface area (Å²) >= 11 is 0. The molecule has 1 rings (SSSR count). The van der Waals surface area contributed by atoms with Crippen LogP contribution in [0.15, 0.2) is 18.2 Å². The van der Waals surface area contributed by atoms with Gasteiger partial charge in [0.2, 0.25) is 0 Å². The lowest BCUT2D eigenvalue weighted by molar-refractivity contribution is 0.194. The van der Waals surface area contributed by atoms with Crippen LogP contribution < -0.4 is 4.90 Å². The van der Waals surface area contributed by atoms with E-state index >= 15 is 0 Å². The second kappa shape index (κ2) is 6.01. The Kier molecular flexibility index (Phi) is 4.94. The summed E-state index contributed by atoms with van der Waals surface area (Å²) in [5.41, 5.74) is 1.17. The molecule has 3 heteroatoms. The number of anilines is 1. The smallest absolute Gasteiger partial charge is 0.131 e. The fourth-order valence-corrected chi connectivity index (χ4v) is 2.10. The number of halogens is 1. The van der Waals surface area contributed by atoms with Gasteiger partial charge in [-0.05, 0) is 32.4 Å². The zero-order valence-corrected chi connectivity index (χ0v) is 11.1. The van der Waals surface area contributed by atoms with E-state index in [9.17, 15) is 9.50 Å². The Morgan fingerprint density at radius 1 is 1.35 bits per heavy atom. The molecule has 2 nitrogen and oxygen atoms in total. The van der Waals surface area contributed by atoms with Crippen molar-refractivity contribution in [2.24, 2.45) is 0 Å². The Bertz CT molecular complexity index is 365. The van der Waals surface area contributed by atoms with Crippen molar-refractivity contribution in [3.63, 3.8) is 0 Å². The lowest BCUT2D eigenvalue weighted by Crippen LogP contribution is -2.30. The molecular formula is C14H22FNO. The highest BCUT2D eigenvalue weighted by atomic mass is 19.1. The first-order valence-corrected chi connectivity index (χ1v) is 6.18. The summed E-state index contributed by atoms with van der Waals surface area (Å²) in [4.78, 5) is 2.04. The predicted octanol–water partition coefficient (Wildman–Crippen LogP) is 3.50. The Morgan fingerprint density at radius 3 is 2.53 bits per heavy atom. The molecule has 0 spiro atoms. The number of hydrogen-bond donors (Lipinski definition) is 1. The molecule has 0 amide bonds. The van der Waals surface area contributed by atoms with Crippen LogP contribution in [0.3, 0.4) is 0 Å². The maximum absolute atomic E-state index is 13.7. The summed E-state index contributed by atoms with van der Waals surface area (Å²) < 4.78 is 13.7. The van der Waals surface area contributed by atoms with Crippen LogP contribution in [0, 0.1) is 5.82 Å². The Labute approximate surface area is 103 Å². The first-order chi connectivity index (χ1) is 7.99. The maximum Gasteiger partial charge on any atom is 0.131 e. The van der Waals surface area contributed by atoms with Crippen molar-refractivity contribution in [2.75, 3.05) is 11.9 Å². The molecule has 1 unspecified atom stereocenters. The molecule has 0 aliphatic heterocycles. The Morgan fingerprint density at radius 2 is 2.00 bits per heavy atom. The monoisotopic (exact) mass is 239 g/mol. The standard InChI is InChI=1S/C14H22FNO/c1-5-7-10(2)16(4)13-9-6-8-12(15)14(13)11(3)17/h6,8-11,17H,5,7H2,1-4H3/t10?,11-/m0/s1. The van der Waals surface area contributed by atoms with Crippen LogP contribution >= 0.6 is 0 Å². The van der Waals surface area contributed by atoms with E-state index in [2.05, 4.69) is 13.8 Å². The molecule has 0 fully saturated rings. The molecule has 0 aliphatic carbocycles. The lowest BCUT2D eigenvalue weighted by atomic mass is 10.0. The molecule has 96 valence electrons. The topological polar surface area (TPSA) is 23.5 Å². The van der Waals surface area contributed by atoms with Gasteiger partial charge in [0.15, 0.2) is 0 Å². The van der Waals surface area contributed by atoms with Crippen molar-refractivity contribution in [2.45, 2.75) is 45.8 Å². The number of aliphatic hydroxyl groups is 1. The van der Waals surface area contributed by atoms with E-state index in [0.717, 1.165) is 18.5 Å². The highest BCUT2D eigenvalue weighted by Gasteiger charge is 2.18. The van der Waals surface area contributed by atoms with Crippen molar-refractivity contribution in [3.05, 3.63) is 29.6 Å². The number of rotatable bonds is 5. The van der Waals surface area contributed by atoms with Gasteiger partial charge >= 0.3 is 0 Å². The molecule has 1 aromatic carbocycles. The van der Waals surface area contributed by atoms with E-state index in [1.165, 1.54) is 6.07 Å². The summed E-state index contributed by atoms with van der Waals surface area (Å²) in [6.07, 6.45) is 1.35. The van der Waals surface area contributed by atoms with Crippen molar-refractivity contribution >= 4 is 5.69 Å². The molecule has 17 heavy (non-hydrogen) atoms. The summed E-state index contributed by atoms with van der Waals surface area (Å²) in [7, 11) is 1.95. The van der Waals surface area contributed by atoms with E-state index in [1.54, 1.807) is 13.0 Å². The van der Waals surface area contributed by atoms with Crippen molar-refractivity contribution in [3.8, 4) is 0 Å². The van der Waals surface area contributed by atoms with Crippen LogP contribution in [0.25, 0.3) is 0 Å². The quantitative estimate of drug-likeness (QED) is 0.850. The van der Waals surface area contributed by atoms with Crippen molar-refractivity contribution in [1.29, 1.82) is 0 Å². The van der Waals surface area contributed by atoms with Crippen molar-refractivity contribution < 1.29 is 9.50 Å². The van der Waals surface area contributed by atoms with E-state index in [0.29, 0.717) is 11.6 Å². The third-order valence-corrected chi connectivity index (χ3v) is 3.20. The van der Waals surface area contributed by atoms with Gasteiger partial charge < -0.3 is 10.0 Å². The summed E-state index contributed by atoms with van der Waals surface area (Å²) in [5.74, 6) is -0.340. The van der Waals surface area contributed by atoms with Gasteiger partial charge in [-0.25, -0.2) is 4.39 Å². The van der Waals surface area contributed by atoms with Gasteiger partial charge in [-0.15, -0.1) is 0 Å². The average Bonchev–Trinajstić information content (AvgIpc) is 2.27. The number of hydrogen-bond acceptors (Lipinski definition) is 2. The van der Waals surface area contributed by atoms with Gasteiger partial charge in [0, 0.05) is 24.3 Å². The molecule has 0 heterocycles. The second-order valence-electron chi connectivity index (χ2n) is 4.60. The molecule has 0 aliphatic rings. The van der Waals surface area contributed by atoms with E-state index in [-0.39, 0.29) is 5.82 Å². The van der Waals surface area contributed by atoms with Crippen LogP contribution in [-0.2, 0) is 0 Å². The molecule has 0 radical (unpaired) electrons. The van der Waals surface area contributed by atoms with Crippen LogP contribution in [0.1, 0.15) is 45.3 Å². The minimum absolute atomic E-state index is 0.333. The van der Waals surface area contributed by atoms with Gasteiger partial charge in [-0.1, -0.05) is 19.4 Å². The average molecular weight is 239 g/mol. The SMILES string of the molecule is CCCC(C)N(C)c1cccc(F)c1[C@H](C)O. The number of nitrogens with zero attached hydrogens (tertiary/aromatic N) is 1. The third kappa shape index (κ3) is 3.19. The summed E-state index contributed by atoms with van der Waals surface area (Å²) in [6, 6.07) is 5.27. The molecule has 0 saturated carbocycles.